The molecule has 4 rings (SSSR count). The Morgan fingerprint density at radius 3 is 2.45 bits per heavy atom. The quantitative estimate of drug-likeness (QED) is 0.473. The Bertz CT molecular complexity index is 1190. The zero-order valence-electron chi connectivity index (χ0n) is 15.1. The van der Waals surface area contributed by atoms with Crippen molar-refractivity contribution in [3.8, 4) is 0 Å². The average molecular weight is 417 g/mol. The van der Waals surface area contributed by atoms with Crippen molar-refractivity contribution in [2.75, 3.05) is 31.1 Å². The summed E-state index contributed by atoms with van der Waals surface area (Å²) in [5, 5.41) is 11.5. The summed E-state index contributed by atoms with van der Waals surface area (Å²) in [4.78, 5) is 20.2. The summed E-state index contributed by atoms with van der Waals surface area (Å²) in [6, 6.07) is 9.83. The molecule has 0 saturated carbocycles. The molecule has 9 nitrogen and oxygen atoms in total. The van der Waals surface area contributed by atoms with E-state index in [1.807, 2.05) is 0 Å². The molecule has 0 N–H and O–H groups in total. The van der Waals surface area contributed by atoms with Gasteiger partial charge in [-0.05, 0) is 18.2 Å². The van der Waals surface area contributed by atoms with Crippen molar-refractivity contribution in [1.82, 2.24) is 14.3 Å². The van der Waals surface area contributed by atoms with Gasteiger partial charge in [-0.2, -0.15) is 4.31 Å². The predicted octanol–water partition coefficient (Wildman–Crippen LogP) is 2.19. The van der Waals surface area contributed by atoms with Crippen molar-refractivity contribution >= 4 is 32.4 Å². The fourth-order valence-corrected chi connectivity index (χ4v) is 4.98. The molecule has 1 aliphatic rings. The van der Waals surface area contributed by atoms with Gasteiger partial charge in [0, 0.05) is 32.2 Å². The van der Waals surface area contributed by atoms with Gasteiger partial charge in [-0.25, -0.2) is 22.8 Å². The topological polar surface area (TPSA) is 110 Å². The molecule has 29 heavy (non-hydrogen) atoms. The van der Waals surface area contributed by atoms with Crippen molar-refractivity contribution in [2.45, 2.75) is 4.90 Å². The van der Waals surface area contributed by atoms with E-state index in [0.29, 0.717) is 11.3 Å². The smallest absolute Gasteiger partial charge is 0.289 e. The molecule has 2 heterocycles. The lowest BCUT2D eigenvalue weighted by atomic mass is 10.2. The lowest BCUT2D eigenvalue weighted by Gasteiger charge is -2.34. The van der Waals surface area contributed by atoms with Crippen molar-refractivity contribution < 1.29 is 17.7 Å². The highest BCUT2D eigenvalue weighted by atomic mass is 32.2. The number of aromatic nitrogens is 2. The number of hydrogen-bond acceptors (Lipinski definition) is 7. The molecule has 1 saturated heterocycles. The maximum absolute atomic E-state index is 14.3. The number of benzene rings is 2. The van der Waals surface area contributed by atoms with E-state index in [9.17, 15) is 22.9 Å². The fraction of sp³-hybridized carbons (Fsp3) is 0.222. The monoisotopic (exact) mass is 417 g/mol. The first kappa shape index (κ1) is 19.2. The predicted molar refractivity (Wildman–Crippen MR) is 104 cm³/mol. The minimum atomic E-state index is -4.04. The Labute approximate surface area is 165 Å². The highest BCUT2D eigenvalue weighted by molar-refractivity contribution is 7.89. The van der Waals surface area contributed by atoms with E-state index in [4.69, 9.17) is 0 Å². The Morgan fingerprint density at radius 1 is 1.00 bits per heavy atom. The second-order valence-corrected chi connectivity index (χ2v) is 8.35. The van der Waals surface area contributed by atoms with Gasteiger partial charge in [-0.15, -0.1) is 0 Å². The normalized spacial score (nSPS) is 15.6. The zero-order valence-corrected chi connectivity index (χ0v) is 15.9. The first-order valence-corrected chi connectivity index (χ1v) is 10.2. The maximum Gasteiger partial charge on any atom is 0.289 e. The van der Waals surface area contributed by atoms with Crippen LogP contribution >= 0.6 is 0 Å². The van der Waals surface area contributed by atoms with E-state index in [2.05, 4.69) is 9.97 Å². The molecular formula is C18H16FN5O4S. The van der Waals surface area contributed by atoms with Crippen LogP contribution < -0.4 is 4.90 Å². The van der Waals surface area contributed by atoms with E-state index in [0.717, 1.165) is 0 Å². The summed E-state index contributed by atoms with van der Waals surface area (Å²) in [5.41, 5.74) is 0.00348. The molecule has 0 bridgehead atoms. The summed E-state index contributed by atoms with van der Waals surface area (Å²) in [6.45, 7) is 0.712. The summed E-state index contributed by atoms with van der Waals surface area (Å²) in [7, 11) is -4.04. The molecule has 1 fully saturated rings. The van der Waals surface area contributed by atoms with E-state index >= 15 is 0 Å². The van der Waals surface area contributed by atoms with Crippen molar-refractivity contribution in [1.29, 1.82) is 0 Å². The number of para-hydroxylation sites is 1. The first-order chi connectivity index (χ1) is 13.9. The van der Waals surface area contributed by atoms with Gasteiger partial charge in [0.25, 0.3) is 5.69 Å². The highest BCUT2D eigenvalue weighted by Gasteiger charge is 2.34. The summed E-state index contributed by atoms with van der Waals surface area (Å²) < 4.78 is 41.4. The number of fused-ring (bicyclic) bond motifs is 1. The number of halogens is 1. The molecule has 0 atom stereocenters. The highest BCUT2D eigenvalue weighted by Crippen LogP contribution is 2.29. The van der Waals surface area contributed by atoms with Crippen LogP contribution in [0.5, 0.6) is 0 Å². The summed E-state index contributed by atoms with van der Waals surface area (Å²) in [6.07, 6.45) is 1.34. The number of anilines is 1. The van der Waals surface area contributed by atoms with E-state index < -0.39 is 26.5 Å². The second-order valence-electron chi connectivity index (χ2n) is 6.45. The molecular weight excluding hydrogens is 401 g/mol. The van der Waals surface area contributed by atoms with Crippen LogP contribution in [0.25, 0.3) is 10.9 Å². The largest absolute Gasteiger partial charge is 0.353 e. The van der Waals surface area contributed by atoms with Crippen LogP contribution in [0, 0.1) is 15.9 Å². The van der Waals surface area contributed by atoms with Crippen LogP contribution in [-0.4, -0.2) is 53.8 Å². The third-order valence-electron chi connectivity index (χ3n) is 4.81. The third-order valence-corrected chi connectivity index (χ3v) is 6.76. The first-order valence-electron chi connectivity index (χ1n) is 8.77. The molecule has 0 unspecified atom stereocenters. The molecule has 2 aromatic carbocycles. The van der Waals surface area contributed by atoms with E-state index in [1.54, 1.807) is 17.0 Å². The van der Waals surface area contributed by atoms with E-state index in [-0.39, 0.29) is 36.5 Å². The molecule has 1 aromatic heterocycles. The third kappa shape index (κ3) is 3.38. The minimum Gasteiger partial charge on any atom is -0.353 e. The fourth-order valence-electron chi connectivity index (χ4n) is 3.40. The average Bonchev–Trinajstić information content (AvgIpc) is 2.73. The summed E-state index contributed by atoms with van der Waals surface area (Å²) >= 11 is 0. The lowest BCUT2D eigenvalue weighted by Crippen LogP contribution is -2.49. The van der Waals surface area contributed by atoms with Crippen LogP contribution in [0.15, 0.2) is 53.7 Å². The minimum absolute atomic E-state index is 0.0916. The summed E-state index contributed by atoms with van der Waals surface area (Å²) in [5.74, 6) is -0.0519. The Morgan fingerprint density at radius 2 is 1.72 bits per heavy atom. The molecule has 0 aliphatic carbocycles. The van der Waals surface area contributed by atoms with Gasteiger partial charge in [0.2, 0.25) is 10.0 Å². The van der Waals surface area contributed by atoms with Gasteiger partial charge in [-0.3, -0.25) is 10.1 Å². The molecule has 0 spiro atoms. The van der Waals surface area contributed by atoms with Crippen LogP contribution in [0.2, 0.25) is 0 Å². The van der Waals surface area contributed by atoms with Crippen molar-refractivity contribution in [3.63, 3.8) is 0 Å². The standard InChI is InChI=1S/C18H16FN5O4S/c19-13-4-3-5-14-17(13)18(21-12-20-14)22-8-10-23(11-9-22)29(27,28)16-7-2-1-6-15(16)24(25)26/h1-7,12H,8-11H2. The van der Waals surface area contributed by atoms with Gasteiger partial charge >= 0.3 is 0 Å². The van der Waals surface area contributed by atoms with Crippen LogP contribution in [-0.2, 0) is 10.0 Å². The van der Waals surface area contributed by atoms with E-state index in [1.165, 1.54) is 41.0 Å². The number of rotatable bonds is 4. The van der Waals surface area contributed by atoms with Crippen LogP contribution in [0.1, 0.15) is 0 Å². The number of nitrogens with zero attached hydrogens (tertiary/aromatic N) is 5. The lowest BCUT2D eigenvalue weighted by molar-refractivity contribution is -0.387. The maximum atomic E-state index is 14.3. The molecule has 0 radical (unpaired) electrons. The van der Waals surface area contributed by atoms with Crippen molar-refractivity contribution in [3.05, 3.63) is 64.7 Å². The number of nitro groups is 1. The Balaban J connectivity index is 1.60. The number of sulfonamides is 1. The van der Waals surface area contributed by atoms with Crippen LogP contribution in [0.3, 0.4) is 0 Å². The van der Waals surface area contributed by atoms with Gasteiger partial charge in [0.15, 0.2) is 4.90 Å². The molecule has 0 amide bonds. The molecule has 3 aromatic rings. The van der Waals surface area contributed by atoms with Gasteiger partial charge < -0.3 is 4.90 Å². The van der Waals surface area contributed by atoms with Gasteiger partial charge in [0.05, 0.1) is 15.8 Å². The second kappa shape index (κ2) is 7.33. The zero-order chi connectivity index (χ0) is 20.6. The number of piperazine rings is 1. The Kier molecular flexibility index (Phi) is 4.84. The number of hydrogen-bond donors (Lipinski definition) is 0. The molecule has 11 heteroatoms. The Hall–Kier alpha value is -3.18. The number of nitro benzene ring substituents is 1. The van der Waals surface area contributed by atoms with Crippen LogP contribution in [0.4, 0.5) is 15.9 Å². The molecule has 150 valence electrons. The van der Waals surface area contributed by atoms with Crippen molar-refractivity contribution in [2.24, 2.45) is 0 Å². The van der Waals surface area contributed by atoms with Gasteiger partial charge in [0.1, 0.15) is 18.0 Å². The molecule has 1 aliphatic heterocycles. The van der Waals surface area contributed by atoms with Gasteiger partial charge in [-0.1, -0.05) is 18.2 Å². The SMILES string of the molecule is O=[N+]([O-])c1ccccc1S(=O)(=O)N1CCN(c2ncnc3cccc(F)c23)CC1.